The molecule has 23 heavy (non-hydrogen) atoms. The van der Waals surface area contributed by atoms with E-state index in [2.05, 4.69) is 0 Å². The average Bonchev–Trinajstić information content (AvgIpc) is 2.82. The van der Waals surface area contributed by atoms with Gasteiger partial charge in [-0.25, -0.2) is 8.42 Å². The molecule has 0 radical (unpaired) electrons. The van der Waals surface area contributed by atoms with Crippen LogP contribution in [0.5, 0.6) is 0 Å². The van der Waals surface area contributed by atoms with Crippen LogP contribution in [0.25, 0.3) is 0 Å². The maximum Gasteiger partial charge on any atom is 0.242 e. The summed E-state index contributed by atoms with van der Waals surface area (Å²) < 4.78 is 25.0. The van der Waals surface area contributed by atoms with Crippen LogP contribution in [0, 0.1) is 0 Å². The first-order valence-corrected chi connectivity index (χ1v) is 9.30. The highest BCUT2D eigenvalue weighted by Crippen LogP contribution is 2.32. The van der Waals surface area contributed by atoms with Gasteiger partial charge in [-0.05, 0) is 37.1 Å². The number of benzene rings is 2. The Morgan fingerprint density at radius 2 is 1.83 bits per heavy atom. The molecule has 1 aliphatic heterocycles. The largest absolute Gasteiger partial charge is 0.308 e. The Morgan fingerprint density at radius 3 is 2.57 bits per heavy atom. The van der Waals surface area contributed by atoms with E-state index in [1.807, 2.05) is 31.2 Å². The number of rotatable bonds is 3. The minimum absolute atomic E-state index is 0.00449. The summed E-state index contributed by atoms with van der Waals surface area (Å²) in [5.41, 5.74) is 1.85. The van der Waals surface area contributed by atoms with Crippen molar-refractivity contribution in [3.8, 4) is 0 Å². The van der Waals surface area contributed by atoms with Crippen LogP contribution in [-0.4, -0.2) is 26.1 Å². The molecule has 1 amide bonds. The van der Waals surface area contributed by atoms with E-state index in [1.54, 1.807) is 17.0 Å². The third kappa shape index (κ3) is 2.99. The molecule has 0 N–H and O–H groups in total. The molecule has 3 rings (SSSR count). The Balaban J connectivity index is 1.89. The van der Waals surface area contributed by atoms with Gasteiger partial charge in [-0.15, -0.1) is 0 Å². The van der Waals surface area contributed by atoms with Crippen molar-refractivity contribution in [2.75, 3.05) is 10.7 Å². The van der Waals surface area contributed by atoms with Gasteiger partial charge in [0, 0.05) is 11.7 Å². The van der Waals surface area contributed by atoms with Crippen LogP contribution in [0.1, 0.15) is 12.5 Å². The lowest BCUT2D eigenvalue weighted by atomic mass is 10.1. The molecule has 0 spiro atoms. The van der Waals surface area contributed by atoms with Gasteiger partial charge in [-0.1, -0.05) is 41.9 Å². The lowest BCUT2D eigenvalue weighted by Crippen LogP contribution is -2.39. The number of halogens is 1. The van der Waals surface area contributed by atoms with Crippen LogP contribution in [0.3, 0.4) is 0 Å². The molecule has 4 nitrogen and oxygen atoms in total. The average molecular weight is 350 g/mol. The van der Waals surface area contributed by atoms with Crippen LogP contribution in [0.4, 0.5) is 5.69 Å². The fraction of sp³-hybridized carbons (Fsp3) is 0.235. The number of hydrogen-bond donors (Lipinski definition) is 0. The van der Waals surface area contributed by atoms with Gasteiger partial charge in [0.15, 0.2) is 9.84 Å². The molecule has 0 saturated carbocycles. The molecule has 2 aromatic carbocycles. The highest BCUT2D eigenvalue weighted by Gasteiger charge is 2.33. The van der Waals surface area contributed by atoms with E-state index < -0.39 is 21.5 Å². The molecular formula is C17H16ClNO3S. The Morgan fingerprint density at radius 1 is 1.17 bits per heavy atom. The number of anilines is 1. The maximum atomic E-state index is 12.6. The highest BCUT2D eigenvalue weighted by atomic mass is 35.5. The van der Waals surface area contributed by atoms with E-state index in [1.165, 1.54) is 12.1 Å². The standard InChI is InChI=1S/C17H16ClNO3S/c1-12-10-13-6-2-4-8-15(13)19(12)17(20)11-23(21,22)16-9-5-3-7-14(16)18/h2-9,12H,10-11H2,1H3/t12-/m1/s1. The van der Waals surface area contributed by atoms with Crippen molar-refractivity contribution < 1.29 is 13.2 Å². The van der Waals surface area contributed by atoms with E-state index >= 15 is 0 Å². The summed E-state index contributed by atoms with van der Waals surface area (Å²) in [7, 11) is -3.78. The smallest absolute Gasteiger partial charge is 0.242 e. The Kier molecular flexibility index (Phi) is 4.17. The molecule has 0 bridgehead atoms. The van der Waals surface area contributed by atoms with Crippen molar-refractivity contribution >= 4 is 33.0 Å². The van der Waals surface area contributed by atoms with Crippen molar-refractivity contribution in [1.29, 1.82) is 0 Å². The summed E-state index contributed by atoms with van der Waals surface area (Å²) in [4.78, 5) is 14.2. The molecule has 1 heterocycles. The third-order valence-corrected chi connectivity index (χ3v) is 6.06. The number of carbonyl (C=O) groups excluding carboxylic acids is 1. The second kappa shape index (κ2) is 5.98. The van der Waals surface area contributed by atoms with Gasteiger partial charge in [0.25, 0.3) is 0 Å². The lowest BCUT2D eigenvalue weighted by Gasteiger charge is -2.22. The van der Waals surface area contributed by atoms with Crippen molar-refractivity contribution in [2.24, 2.45) is 0 Å². The molecular weight excluding hydrogens is 334 g/mol. The minimum Gasteiger partial charge on any atom is -0.308 e. The zero-order valence-corrected chi connectivity index (χ0v) is 14.1. The lowest BCUT2D eigenvalue weighted by molar-refractivity contribution is -0.116. The molecule has 0 saturated heterocycles. The normalized spacial score (nSPS) is 17.1. The van der Waals surface area contributed by atoms with E-state index in [0.29, 0.717) is 0 Å². The van der Waals surface area contributed by atoms with Crippen LogP contribution < -0.4 is 4.90 Å². The highest BCUT2D eigenvalue weighted by molar-refractivity contribution is 7.92. The van der Waals surface area contributed by atoms with E-state index in [9.17, 15) is 13.2 Å². The monoisotopic (exact) mass is 349 g/mol. The van der Waals surface area contributed by atoms with E-state index in [4.69, 9.17) is 11.6 Å². The number of hydrogen-bond acceptors (Lipinski definition) is 3. The van der Waals surface area contributed by atoms with Gasteiger partial charge in [0.05, 0.1) is 9.92 Å². The van der Waals surface area contributed by atoms with Gasteiger partial charge in [-0.2, -0.15) is 0 Å². The quantitative estimate of drug-likeness (QED) is 0.855. The van der Waals surface area contributed by atoms with Gasteiger partial charge in [0.2, 0.25) is 5.91 Å². The number of nitrogens with zero attached hydrogens (tertiary/aromatic N) is 1. The van der Waals surface area contributed by atoms with Crippen molar-refractivity contribution in [3.05, 3.63) is 59.1 Å². The molecule has 0 aliphatic carbocycles. The fourth-order valence-corrected chi connectivity index (χ4v) is 4.71. The van der Waals surface area contributed by atoms with Gasteiger partial charge in [-0.3, -0.25) is 4.79 Å². The molecule has 0 fully saturated rings. The molecule has 120 valence electrons. The predicted octanol–water partition coefficient (Wildman–Crippen LogP) is 3.09. The number of amides is 1. The van der Waals surface area contributed by atoms with E-state index in [0.717, 1.165) is 17.7 Å². The number of sulfone groups is 1. The second-order valence-corrected chi connectivity index (χ2v) is 8.00. The molecule has 1 aliphatic rings. The minimum atomic E-state index is -3.78. The van der Waals surface area contributed by atoms with Crippen LogP contribution >= 0.6 is 11.6 Å². The Bertz CT molecular complexity index is 864. The first kappa shape index (κ1) is 16.0. The van der Waals surface area contributed by atoms with Crippen molar-refractivity contribution in [1.82, 2.24) is 0 Å². The molecule has 2 aromatic rings. The van der Waals surface area contributed by atoms with Crippen LogP contribution in [0.2, 0.25) is 5.02 Å². The SMILES string of the molecule is C[C@@H]1Cc2ccccc2N1C(=O)CS(=O)(=O)c1ccccc1Cl. The molecule has 0 unspecified atom stereocenters. The number of para-hydroxylation sites is 1. The van der Waals surface area contributed by atoms with Gasteiger partial charge < -0.3 is 4.90 Å². The first-order chi connectivity index (χ1) is 10.9. The summed E-state index contributed by atoms with van der Waals surface area (Å²) in [5.74, 6) is -1.02. The van der Waals surface area contributed by atoms with Crippen LogP contribution in [0.15, 0.2) is 53.4 Å². The molecule has 0 aromatic heterocycles. The summed E-state index contributed by atoms with van der Waals surface area (Å²) in [5, 5.41) is 0.134. The van der Waals surface area contributed by atoms with Crippen LogP contribution in [-0.2, 0) is 21.1 Å². The number of carbonyl (C=O) groups is 1. The Hall–Kier alpha value is -1.85. The van der Waals surface area contributed by atoms with Crippen molar-refractivity contribution in [2.45, 2.75) is 24.3 Å². The van der Waals surface area contributed by atoms with Gasteiger partial charge >= 0.3 is 0 Å². The Labute approximate surface area is 140 Å². The molecule has 1 atom stereocenters. The third-order valence-electron chi connectivity index (χ3n) is 3.96. The molecule has 6 heteroatoms. The van der Waals surface area contributed by atoms with Gasteiger partial charge in [0.1, 0.15) is 5.75 Å². The topological polar surface area (TPSA) is 54.5 Å². The zero-order chi connectivity index (χ0) is 16.6. The maximum absolute atomic E-state index is 12.6. The summed E-state index contributed by atoms with van der Waals surface area (Å²) in [6.45, 7) is 1.92. The fourth-order valence-electron chi connectivity index (χ4n) is 2.95. The number of fused-ring (bicyclic) bond motifs is 1. The second-order valence-electron chi connectivity index (χ2n) is 5.64. The predicted molar refractivity (Wildman–Crippen MR) is 90.6 cm³/mol. The van der Waals surface area contributed by atoms with E-state index in [-0.39, 0.29) is 16.0 Å². The summed E-state index contributed by atoms with van der Waals surface area (Å²) in [6, 6.07) is 13.7. The first-order valence-electron chi connectivity index (χ1n) is 7.27. The van der Waals surface area contributed by atoms with Crippen molar-refractivity contribution in [3.63, 3.8) is 0 Å². The summed E-state index contributed by atoms with van der Waals surface area (Å²) in [6.07, 6.45) is 0.730. The summed E-state index contributed by atoms with van der Waals surface area (Å²) >= 11 is 5.96. The zero-order valence-electron chi connectivity index (χ0n) is 12.6.